The number of aromatic nitrogens is 2. The number of rotatable bonds is 1. The molecule has 0 fully saturated rings. The highest BCUT2D eigenvalue weighted by Crippen LogP contribution is 2.46. The fourth-order valence-electron chi connectivity index (χ4n) is 8.00. The van der Waals surface area contributed by atoms with Gasteiger partial charge in [-0.2, -0.15) is 0 Å². The van der Waals surface area contributed by atoms with Gasteiger partial charge in [-0.25, -0.2) is 4.98 Å². The van der Waals surface area contributed by atoms with Gasteiger partial charge in [-0.1, -0.05) is 97.9 Å². The van der Waals surface area contributed by atoms with Crippen LogP contribution in [-0.4, -0.2) is 9.38 Å². The average molecular weight is 633 g/mol. The molecular formula is C44H28N2O3. The quantitative estimate of drug-likeness (QED) is 0.169. The van der Waals surface area contributed by atoms with E-state index in [9.17, 15) is 0 Å². The first-order valence-electron chi connectivity index (χ1n) is 16.7. The van der Waals surface area contributed by atoms with Gasteiger partial charge in [0.2, 0.25) is 0 Å². The van der Waals surface area contributed by atoms with Gasteiger partial charge >= 0.3 is 0 Å². The number of allylic oxidation sites excluding steroid dienone is 1. The predicted molar refractivity (Wildman–Crippen MR) is 198 cm³/mol. The zero-order valence-corrected chi connectivity index (χ0v) is 26.6. The molecule has 0 aliphatic carbocycles. The van der Waals surface area contributed by atoms with Crippen LogP contribution >= 0.6 is 0 Å². The van der Waals surface area contributed by atoms with Crippen molar-refractivity contribution in [3.8, 4) is 16.9 Å². The molecule has 49 heavy (non-hydrogen) atoms. The fourth-order valence-corrected chi connectivity index (χ4v) is 8.00. The third kappa shape index (κ3) is 3.73. The van der Waals surface area contributed by atoms with E-state index in [-0.39, 0.29) is 5.92 Å². The smallest absolute Gasteiger partial charge is 0.146 e. The van der Waals surface area contributed by atoms with E-state index < -0.39 is 0 Å². The van der Waals surface area contributed by atoms with E-state index in [1.165, 1.54) is 16.3 Å². The first kappa shape index (κ1) is 26.7. The molecule has 1 aliphatic heterocycles. The Kier molecular flexibility index (Phi) is 5.37. The van der Waals surface area contributed by atoms with Gasteiger partial charge < -0.3 is 13.6 Å². The van der Waals surface area contributed by atoms with Crippen LogP contribution in [0.1, 0.15) is 29.7 Å². The third-order valence-electron chi connectivity index (χ3n) is 10.3. The predicted octanol–water partition coefficient (Wildman–Crippen LogP) is 11.8. The Bertz CT molecular complexity index is 3030. The molecule has 1 atom stereocenters. The van der Waals surface area contributed by atoms with Gasteiger partial charge in [-0.05, 0) is 53.4 Å². The molecule has 11 rings (SSSR count). The maximum absolute atomic E-state index is 6.77. The van der Waals surface area contributed by atoms with Crippen molar-refractivity contribution >= 4 is 77.3 Å². The zero-order valence-electron chi connectivity index (χ0n) is 26.6. The first-order valence-corrected chi connectivity index (χ1v) is 16.7. The Morgan fingerprint density at radius 1 is 0.673 bits per heavy atom. The number of imidazole rings is 1. The lowest BCUT2D eigenvalue weighted by molar-refractivity contribution is 0.302. The van der Waals surface area contributed by atoms with Crippen molar-refractivity contribution in [2.24, 2.45) is 0 Å². The molecule has 5 nitrogen and oxygen atoms in total. The number of benzene rings is 6. The number of furan rings is 2. The monoisotopic (exact) mass is 632 g/mol. The number of hydrogen-bond acceptors (Lipinski definition) is 4. The number of para-hydroxylation sites is 4. The van der Waals surface area contributed by atoms with Crippen molar-refractivity contribution in [3.63, 3.8) is 0 Å². The van der Waals surface area contributed by atoms with Crippen molar-refractivity contribution in [2.75, 3.05) is 0 Å². The molecule has 0 saturated carbocycles. The Morgan fingerprint density at radius 2 is 1.47 bits per heavy atom. The highest BCUT2D eigenvalue weighted by molar-refractivity contribution is 6.23. The summed E-state index contributed by atoms with van der Waals surface area (Å²) in [5, 5.41) is 6.62. The zero-order chi connectivity index (χ0) is 32.2. The summed E-state index contributed by atoms with van der Waals surface area (Å²) in [6.07, 6.45) is 4.32. The van der Waals surface area contributed by atoms with Crippen LogP contribution in [0.4, 0.5) is 0 Å². The van der Waals surface area contributed by atoms with Crippen LogP contribution in [0.15, 0.2) is 136 Å². The molecule has 1 aliphatic rings. The van der Waals surface area contributed by atoms with E-state index >= 15 is 0 Å². The number of nitrogens with zero attached hydrogens (tertiary/aromatic N) is 2. The van der Waals surface area contributed by atoms with E-state index in [4.69, 9.17) is 18.6 Å². The van der Waals surface area contributed by atoms with Gasteiger partial charge in [0.1, 0.15) is 40.5 Å². The molecule has 4 aromatic heterocycles. The molecule has 232 valence electrons. The van der Waals surface area contributed by atoms with Crippen LogP contribution in [0, 0.1) is 0 Å². The second-order valence-electron chi connectivity index (χ2n) is 13.1. The minimum Gasteiger partial charge on any atom is -0.488 e. The summed E-state index contributed by atoms with van der Waals surface area (Å²) < 4.78 is 22.4. The van der Waals surface area contributed by atoms with Gasteiger partial charge in [0.05, 0.1) is 16.6 Å². The standard InChI is InChI=1S/C44H28N2O3/c1-25-18-21-39-33(24-47-37-16-8-4-10-27(25)37)41-40(48-39)23-32(43-42(41)31-13-5-9-17-38(31)49-43)26-19-20-29-28-11-2-3-12-30(28)44-45-34-14-6-7-15-35(34)46(44)36(29)22-26/h2-23,25H,24H2,1H3/b21-18-. The van der Waals surface area contributed by atoms with Crippen LogP contribution in [-0.2, 0) is 6.61 Å². The summed E-state index contributed by atoms with van der Waals surface area (Å²) in [4.78, 5) is 5.11. The Morgan fingerprint density at radius 3 is 2.41 bits per heavy atom. The molecule has 0 N–H and O–H groups in total. The summed E-state index contributed by atoms with van der Waals surface area (Å²) in [6.45, 7) is 2.58. The highest BCUT2D eigenvalue weighted by Gasteiger charge is 2.25. The molecule has 0 amide bonds. The van der Waals surface area contributed by atoms with E-state index in [1.54, 1.807) is 0 Å². The van der Waals surface area contributed by atoms with Gasteiger partial charge in [0, 0.05) is 49.5 Å². The Balaban J connectivity index is 1.22. The third-order valence-corrected chi connectivity index (χ3v) is 10.3. The number of fused-ring (bicyclic) bond motifs is 16. The molecule has 10 aromatic rings. The van der Waals surface area contributed by atoms with Gasteiger partial charge in [-0.15, -0.1) is 0 Å². The van der Waals surface area contributed by atoms with Crippen LogP contribution in [0.2, 0.25) is 0 Å². The minimum absolute atomic E-state index is 0.172. The number of hydrogen-bond donors (Lipinski definition) is 0. The molecule has 5 heterocycles. The summed E-state index contributed by atoms with van der Waals surface area (Å²) in [5.41, 5.74) is 10.8. The van der Waals surface area contributed by atoms with Gasteiger partial charge in [0.15, 0.2) is 0 Å². The van der Waals surface area contributed by atoms with Gasteiger partial charge in [0.25, 0.3) is 0 Å². The van der Waals surface area contributed by atoms with Crippen molar-refractivity contribution in [1.82, 2.24) is 9.38 Å². The first-order chi connectivity index (χ1) is 24.2. The van der Waals surface area contributed by atoms with E-state index in [1.807, 2.05) is 24.3 Å². The van der Waals surface area contributed by atoms with Crippen LogP contribution in [0.25, 0.3) is 88.5 Å². The average Bonchev–Trinajstić information content (AvgIpc) is 3.84. The van der Waals surface area contributed by atoms with E-state index in [2.05, 4.69) is 121 Å². The lowest BCUT2D eigenvalue weighted by Crippen LogP contribution is -1.99. The second kappa shape index (κ2) is 9.85. The maximum Gasteiger partial charge on any atom is 0.146 e. The Labute approximate surface area is 280 Å². The largest absolute Gasteiger partial charge is 0.488 e. The maximum atomic E-state index is 6.77. The van der Waals surface area contributed by atoms with Gasteiger partial charge in [-0.3, -0.25) is 4.40 Å². The molecular weight excluding hydrogens is 604 g/mol. The van der Waals surface area contributed by atoms with Crippen molar-refractivity contribution in [1.29, 1.82) is 0 Å². The minimum atomic E-state index is 0.172. The summed E-state index contributed by atoms with van der Waals surface area (Å²) in [7, 11) is 0. The lowest BCUT2D eigenvalue weighted by atomic mass is 9.96. The van der Waals surface area contributed by atoms with Crippen molar-refractivity contribution in [3.05, 3.63) is 144 Å². The molecule has 0 saturated heterocycles. The second-order valence-corrected chi connectivity index (χ2v) is 13.1. The van der Waals surface area contributed by atoms with E-state index in [0.717, 1.165) is 88.7 Å². The number of pyridine rings is 1. The number of ether oxygens (including phenoxy) is 1. The fraction of sp³-hybridized carbons (Fsp3) is 0.0682. The molecule has 0 bridgehead atoms. The van der Waals surface area contributed by atoms with Crippen LogP contribution in [0.5, 0.6) is 5.75 Å². The summed E-state index contributed by atoms with van der Waals surface area (Å²) in [5.74, 6) is 1.88. The van der Waals surface area contributed by atoms with E-state index in [0.29, 0.717) is 6.61 Å². The topological polar surface area (TPSA) is 52.8 Å². The van der Waals surface area contributed by atoms with Crippen molar-refractivity contribution < 1.29 is 13.6 Å². The summed E-state index contributed by atoms with van der Waals surface area (Å²) >= 11 is 0. The normalized spacial score (nSPS) is 15.5. The Hall–Kier alpha value is -6.33. The summed E-state index contributed by atoms with van der Waals surface area (Å²) in [6, 6.07) is 42.3. The van der Waals surface area contributed by atoms with Crippen LogP contribution < -0.4 is 4.74 Å². The molecule has 0 radical (unpaired) electrons. The molecule has 5 heteroatoms. The SMILES string of the molecule is CC1/C=C\c2oc3cc(-c4ccc5c6ccccc6c6nc7ccccc7n6c5c4)c4oc5ccccc5c4c3c2COc2ccccc21. The van der Waals surface area contributed by atoms with Crippen LogP contribution in [0.3, 0.4) is 0 Å². The molecule has 0 spiro atoms. The highest BCUT2D eigenvalue weighted by atomic mass is 16.5. The lowest BCUT2D eigenvalue weighted by Gasteiger charge is -2.13. The molecule has 6 aromatic carbocycles. The van der Waals surface area contributed by atoms with Crippen molar-refractivity contribution in [2.45, 2.75) is 19.4 Å². The molecule has 1 unspecified atom stereocenters.